The minimum Gasteiger partial charge on any atom is -0.265 e. The molecule has 0 aliphatic rings. The SMILES string of the molecule is [O]=[Pt].c1ccncc1. The Balaban J connectivity index is 0.000000222. The third-order valence-electron chi connectivity index (χ3n) is 0.566. The van der Waals surface area contributed by atoms with Gasteiger partial charge in [-0.3, -0.25) is 4.98 Å². The summed E-state index contributed by atoms with van der Waals surface area (Å²) in [4.78, 5) is 3.78. The molecule has 0 aliphatic heterocycles. The Labute approximate surface area is 59.2 Å². The summed E-state index contributed by atoms with van der Waals surface area (Å²) in [6.07, 6.45) is 3.50. The molecule has 0 N–H and O–H groups in total. The van der Waals surface area contributed by atoms with E-state index in [1.54, 1.807) is 12.4 Å². The largest absolute Gasteiger partial charge is 0.265 e. The monoisotopic (exact) mass is 290 g/mol. The molecule has 0 aromatic carbocycles. The molecule has 1 heterocycles. The zero-order chi connectivity index (χ0) is 6.24. The van der Waals surface area contributed by atoms with Crippen LogP contribution in [0.2, 0.25) is 0 Å². The molecule has 0 radical (unpaired) electrons. The number of pyridine rings is 1. The minimum absolute atomic E-state index is 0.889. The van der Waals surface area contributed by atoms with E-state index in [9.17, 15) is 0 Å². The van der Waals surface area contributed by atoms with E-state index in [0.29, 0.717) is 0 Å². The molecule has 0 saturated heterocycles. The van der Waals surface area contributed by atoms with Crippen molar-refractivity contribution >= 4 is 0 Å². The molecule has 1 aromatic rings. The summed E-state index contributed by atoms with van der Waals surface area (Å²) < 4.78 is 8.22. The van der Waals surface area contributed by atoms with Gasteiger partial charge in [-0.1, -0.05) is 6.07 Å². The smallest absolute Gasteiger partial charge is 0.0267 e. The third-order valence-corrected chi connectivity index (χ3v) is 0.566. The molecule has 8 heavy (non-hydrogen) atoms. The van der Waals surface area contributed by atoms with E-state index < -0.39 is 0 Å². The molecule has 0 fully saturated rings. The number of aromatic nitrogens is 1. The first-order valence-electron chi connectivity index (χ1n) is 1.98. The van der Waals surface area contributed by atoms with E-state index in [1.165, 1.54) is 0 Å². The molecule has 0 unspecified atom stereocenters. The van der Waals surface area contributed by atoms with Crippen LogP contribution < -0.4 is 0 Å². The molecular weight excluding hydrogens is 285 g/mol. The van der Waals surface area contributed by atoms with E-state index in [1.807, 2.05) is 18.2 Å². The number of hydrogen-bond donors (Lipinski definition) is 0. The van der Waals surface area contributed by atoms with Gasteiger partial charge in [-0.05, 0) is 12.1 Å². The van der Waals surface area contributed by atoms with Crippen LogP contribution in [0.25, 0.3) is 0 Å². The van der Waals surface area contributed by atoms with E-state index in [-0.39, 0.29) is 0 Å². The maximum atomic E-state index is 8.22. The standard InChI is InChI=1S/C5H5N.O.Pt/c1-2-4-6-5-3-1;;/h1-5H;;. The van der Waals surface area contributed by atoms with Crippen molar-refractivity contribution in [1.29, 1.82) is 0 Å². The fourth-order valence-electron chi connectivity index (χ4n) is 0.313. The van der Waals surface area contributed by atoms with Gasteiger partial charge in [0.15, 0.2) is 0 Å². The zero-order valence-corrected chi connectivity index (χ0v) is 6.33. The van der Waals surface area contributed by atoms with Gasteiger partial charge < -0.3 is 0 Å². The Morgan fingerprint density at radius 2 is 1.50 bits per heavy atom. The van der Waals surface area contributed by atoms with Crippen molar-refractivity contribution in [3.05, 3.63) is 30.6 Å². The van der Waals surface area contributed by atoms with Crippen LogP contribution in [0.4, 0.5) is 0 Å². The van der Waals surface area contributed by atoms with Gasteiger partial charge in [-0.2, -0.15) is 0 Å². The second-order valence-corrected chi connectivity index (χ2v) is 1.02. The summed E-state index contributed by atoms with van der Waals surface area (Å²) in [5, 5.41) is 0. The molecule has 0 atom stereocenters. The first kappa shape index (κ1) is 7.64. The summed E-state index contributed by atoms with van der Waals surface area (Å²) in [6, 6.07) is 5.72. The summed E-state index contributed by atoms with van der Waals surface area (Å²) >= 11 is 0.889. The van der Waals surface area contributed by atoms with Crippen molar-refractivity contribution in [3.63, 3.8) is 0 Å². The Morgan fingerprint density at radius 3 is 1.62 bits per heavy atom. The number of hydrogen-bond acceptors (Lipinski definition) is 2. The van der Waals surface area contributed by atoms with Gasteiger partial charge in [0.05, 0.1) is 0 Å². The average Bonchev–Trinajstić information content (AvgIpc) is 1.96. The van der Waals surface area contributed by atoms with Crippen molar-refractivity contribution in [1.82, 2.24) is 4.98 Å². The van der Waals surface area contributed by atoms with Gasteiger partial charge in [0.2, 0.25) is 0 Å². The molecule has 3 heteroatoms. The molecule has 0 aliphatic carbocycles. The van der Waals surface area contributed by atoms with Crippen molar-refractivity contribution in [2.45, 2.75) is 0 Å². The maximum absolute atomic E-state index is 8.22. The van der Waals surface area contributed by atoms with Gasteiger partial charge >= 0.3 is 23.2 Å². The van der Waals surface area contributed by atoms with Gasteiger partial charge in [-0.15, -0.1) is 0 Å². The number of nitrogens with zero attached hydrogens (tertiary/aromatic N) is 1. The average molecular weight is 290 g/mol. The zero-order valence-electron chi connectivity index (χ0n) is 4.06. The summed E-state index contributed by atoms with van der Waals surface area (Å²) in [7, 11) is 0. The molecule has 2 nitrogen and oxygen atoms in total. The molecule has 1 rings (SSSR count). The minimum atomic E-state index is 0.889. The summed E-state index contributed by atoms with van der Waals surface area (Å²) in [5.41, 5.74) is 0. The van der Waals surface area contributed by atoms with E-state index >= 15 is 0 Å². The maximum Gasteiger partial charge on any atom is 0.0267 e. The molecule has 0 bridgehead atoms. The van der Waals surface area contributed by atoms with Crippen LogP contribution in [0.5, 0.6) is 0 Å². The third kappa shape index (κ3) is 3.82. The van der Waals surface area contributed by atoms with Gasteiger partial charge in [0, 0.05) is 12.4 Å². The van der Waals surface area contributed by atoms with Crippen LogP contribution in [0.15, 0.2) is 30.6 Å². The summed E-state index contributed by atoms with van der Waals surface area (Å²) in [6.45, 7) is 0. The Hall–Kier alpha value is -0.362. The molecule has 0 saturated carbocycles. The van der Waals surface area contributed by atoms with E-state index in [4.69, 9.17) is 3.40 Å². The van der Waals surface area contributed by atoms with Crippen LogP contribution >= 0.6 is 0 Å². The van der Waals surface area contributed by atoms with Crippen molar-refractivity contribution in [2.24, 2.45) is 0 Å². The van der Waals surface area contributed by atoms with Gasteiger partial charge in [0.25, 0.3) is 0 Å². The topological polar surface area (TPSA) is 30.0 Å². The van der Waals surface area contributed by atoms with Crippen molar-refractivity contribution < 1.29 is 23.2 Å². The first-order chi connectivity index (χ1) is 4.00. The fourth-order valence-corrected chi connectivity index (χ4v) is 0.313. The summed E-state index contributed by atoms with van der Waals surface area (Å²) in [5.74, 6) is 0. The Morgan fingerprint density at radius 1 is 1.00 bits per heavy atom. The predicted molar refractivity (Wildman–Crippen MR) is 24.9 cm³/mol. The predicted octanol–water partition coefficient (Wildman–Crippen LogP) is 0.960. The fraction of sp³-hybridized carbons (Fsp3) is 0. The van der Waals surface area contributed by atoms with Crippen molar-refractivity contribution in [2.75, 3.05) is 0 Å². The normalized spacial score (nSPS) is 6.75. The van der Waals surface area contributed by atoms with Crippen LogP contribution in [-0.4, -0.2) is 4.98 Å². The number of rotatable bonds is 0. The molecule has 46 valence electrons. The van der Waals surface area contributed by atoms with Crippen LogP contribution in [-0.2, 0) is 23.2 Å². The quantitative estimate of drug-likeness (QED) is 0.712. The molecule has 0 spiro atoms. The van der Waals surface area contributed by atoms with E-state index in [2.05, 4.69) is 4.98 Å². The molecule has 1 aromatic heterocycles. The Bertz CT molecular complexity index is 95.3. The van der Waals surface area contributed by atoms with E-state index in [0.717, 1.165) is 19.8 Å². The molecule has 0 amide bonds. The Kier molecular flexibility index (Phi) is 6.34. The first-order valence-corrected chi connectivity index (χ1v) is 2.91. The van der Waals surface area contributed by atoms with Gasteiger partial charge in [-0.25, -0.2) is 0 Å². The second kappa shape index (κ2) is 6.64. The molecular formula is C5H5NOPt. The van der Waals surface area contributed by atoms with Crippen LogP contribution in [0.1, 0.15) is 0 Å². The van der Waals surface area contributed by atoms with Crippen LogP contribution in [0, 0.1) is 0 Å². The van der Waals surface area contributed by atoms with Gasteiger partial charge in [0.1, 0.15) is 0 Å². The van der Waals surface area contributed by atoms with Crippen molar-refractivity contribution in [3.8, 4) is 0 Å². The second-order valence-electron chi connectivity index (χ2n) is 1.02. The van der Waals surface area contributed by atoms with Crippen LogP contribution in [0.3, 0.4) is 0 Å².